The molecule has 98 valence electrons. The second-order valence-corrected chi connectivity index (χ2v) is 4.13. The van der Waals surface area contributed by atoms with Crippen LogP contribution >= 0.6 is 0 Å². The van der Waals surface area contributed by atoms with Gasteiger partial charge in [0.2, 0.25) is 0 Å². The van der Waals surface area contributed by atoms with Crippen molar-refractivity contribution < 1.29 is 19.0 Å². The molecule has 2 rings (SSSR count). The molecule has 0 aliphatic carbocycles. The van der Waals surface area contributed by atoms with Crippen LogP contribution in [0, 0.1) is 0 Å². The molecule has 5 heteroatoms. The van der Waals surface area contributed by atoms with E-state index in [1.165, 1.54) is 0 Å². The van der Waals surface area contributed by atoms with Gasteiger partial charge in [-0.25, -0.2) is 0 Å². The van der Waals surface area contributed by atoms with Gasteiger partial charge in [0.25, 0.3) is 0 Å². The van der Waals surface area contributed by atoms with Gasteiger partial charge in [0.1, 0.15) is 24.0 Å². The van der Waals surface area contributed by atoms with Gasteiger partial charge in [-0.3, -0.25) is 5.32 Å². The fourth-order valence-corrected chi connectivity index (χ4v) is 2.09. The first kappa shape index (κ1) is 12.9. The summed E-state index contributed by atoms with van der Waals surface area (Å²) in [6.45, 7) is 1.86. The van der Waals surface area contributed by atoms with E-state index in [1.807, 2.05) is 25.1 Å². The van der Waals surface area contributed by atoms with Crippen molar-refractivity contribution in [3.8, 4) is 11.5 Å². The number of carbonyl (C=O) groups excluding carboxylic acids is 1. The van der Waals surface area contributed by atoms with E-state index in [0.29, 0.717) is 11.5 Å². The molecule has 0 radical (unpaired) electrons. The SMILES string of the molecule is COc1cccc(OC)c1C1NC(C=O)C(C)O1. The largest absolute Gasteiger partial charge is 0.496 e. The maximum Gasteiger partial charge on any atom is 0.142 e. The Morgan fingerprint density at radius 1 is 1.28 bits per heavy atom. The number of carbonyl (C=O) groups is 1. The third-order valence-electron chi connectivity index (χ3n) is 3.08. The summed E-state index contributed by atoms with van der Waals surface area (Å²) >= 11 is 0. The first-order valence-corrected chi connectivity index (χ1v) is 5.79. The Morgan fingerprint density at radius 3 is 2.33 bits per heavy atom. The highest BCUT2D eigenvalue weighted by atomic mass is 16.5. The molecule has 5 nitrogen and oxygen atoms in total. The molecule has 1 aromatic carbocycles. The monoisotopic (exact) mass is 251 g/mol. The number of benzene rings is 1. The summed E-state index contributed by atoms with van der Waals surface area (Å²) in [4.78, 5) is 10.9. The van der Waals surface area contributed by atoms with Crippen molar-refractivity contribution in [3.63, 3.8) is 0 Å². The molecule has 3 atom stereocenters. The lowest BCUT2D eigenvalue weighted by Crippen LogP contribution is -2.31. The van der Waals surface area contributed by atoms with Crippen molar-refractivity contribution in [3.05, 3.63) is 23.8 Å². The van der Waals surface area contributed by atoms with Gasteiger partial charge in [0, 0.05) is 0 Å². The van der Waals surface area contributed by atoms with Crippen LogP contribution in [0.15, 0.2) is 18.2 Å². The van der Waals surface area contributed by atoms with Gasteiger partial charge in [-0.05, 0) is 19.1 Å². The van der Waals surface area contributed by atoms with Crippen LogP contribution < -0.4 is 14.8 Å². The summed E-state index contributed by atoms with van der Waals surface area (Å²) in [6, 6.07) is 5.20. The third-order valence-corrected chi connectivity index (χ3v) is 3.08. The molecule has 18 heavy (non-hydrogen) atoms. The van der Waals surface area contributed by atoms with Crippen molar-refractivity contribution in [2.45, 2.75) is 25.3 Å². The minimum Gasteiger partial charge on any atom is -0.496 e. The summed E-state index contributed by atoms with van der Waals surface area (Å²) in [5.41, 5.74) is 0.777. The van der Waals surface area contributed by atoms with Crippen LogP contribution in [0.25, 0.3) is 0 Å². The number of hydrogen-bond acceptors (Lipinski definition) is 5. The number of methoxy groups -OCH3 is 2. The fraction of sp³-hybridized carbons (Fsp3) is 0.462. The van der Waals surface area contributed by atoms with Crippen LogP contribution in [0.2, 0.25) is 0 Å². The van der Waals surface area contributed by atoms with Crippen LogP contribution in [0.5, 0.6) is 11.5 Å². The van der Waals surface area contributed by atoms with E-state index >= 15 is 0 Å². The predicted molar refractivity (Wildman–Crippen MR) is 65.8 cm³/mol. The van der Waals surface area contributed by atoms with E-state index in [9.17, 15) is 4.79 Å². The highest BCUT2D eigenvalue weighted by molar-refractivity contribution is 5.60. The van der Waals surface area contributed by atoms with Gasteiger partial charge in [-0.2, -0.15) is 0 Å². The minimum atomic E-state index is -0.402. The average molecular weight is 251 g/mol. The number of hydrogen-bond donors (Lipinski definition) is 1. The zero-order valence-corrected chi connectivity index (χ0v) is 10.7. The Balaban J connectivity index is 2.35. The Labute approximate surface area is 106 Å². The van der Waals surface area contributed by atoms with Crippen LogP contribution in [-0.4, -0.2) is 32.7 Å². The molecular formula is C13H17NO4. The Bertz CT molecular complexity index is 413. The van der Waals surface area contributed by atoms with E-state index in [2.05, 4.69) is 5.32 Å². The van der Waals surface area contributed by atoms with Crippen LogP contribution in [0.3, 0.4) is 0 Å². The Hall–Kier alpha value is -1.59. The predicted octanol–water partition coefficient (Wildman–Crippen LogP) is 1.28. The summed E-state index contributed by atoms with van der Waals surface area (Å²) in [5.74, 6) is 1.34. The third kappa shape index (κ3) is 2.19. The summed E-state index contributed by atoms with van der Waals surface area (Å²) < 4.78 is 16.4. The number of rotatable bonds is 4. The number of nitrogens with one attached hydrogen (secondary N) is 1. The zero-order chi connectivity index (χ0) is 13.1. The molecule has 1 aromatic rings. The van der Waals surface area contributed by atoms with Gasteiger partial charge in [-0.1, -0.05) is 6.07 Å². The summed E-state index contributed by atoms with van der Waals surface area (Å²) in [5, 5.41) is 3.11. The lowest BCUT2D eigenvalue weighted by Gasteiger charge is -2.18. The molecule has 1 N–H and O–H groups in total. The number of aldehydes is 1. The number of ether oxygens (including phenoxy) is 3. The quantitative estimate of drug-likeness (QED) is 0.817. The molecule has 1 heterocycles. The normalized spacial score (nSPS) is 26.9. The molecule has 0 amide bonds. The van der Waals surface area contributed by atoms with Crippen molar-refractivity contribution >= 4 is 6.29 Å². The van der Waals surface area contributed by atoms with Crippen molar-refractivity contribution in [1.29, 1.82) is 0 Å². The maximum absolute atomic E-state index is 10.9. The molecular weight excluding hydrogens is 234 g/mol. The molecule has 0 saturated carbocycles. The van der Waals surface area contributed by atoms with Crippen molar-refractivity contribution in [2.24, 2.45) is 0 Å². The first-order chi connectivity index (χ1) is 8.71. The lowest BCUT2D eigenvalue weighted by molar-refractivity contribution is -0.110. The Morgan fingerprint density at radius 2 is 1.89 bits per heavy atom. The Kier molecular flexibility index (Phi) is 3.84. The van der Waals surface area contributed by atoms with E-state index < -0.39 is 6.23 Å². The molecule has 1 fully saturated rings. The average Bonchev–Trinajstić information content (AvgIpc) is 2.78. The highest BCUT2D eigenvalue weighted by Crippen LogP contribution is 2.37. The van der Waals surface area contributed by atoms with Gasteiger partial charge in [-0.15, -0.1) is 0 Å². The molecule has 0 bridgehead atoms. The van der Waals surface area contributed by atoms with Crippen LogP contribution in [0.4, 0.5) is 0 Å². The highest BCUT2D eigenvalue weighted by Gasteiger charge is 2.35. The van der Waals surface area contributed by atoms with Gasteiger partial charge in [0.15, 0.2) is 0 Å². The summed E-state index contributed by atoms with van der Waals surface area (Å²) in [6.07, 6.45) is 0.274. The van der Waals surface area contributed by atoms with Gasteiger partial charge >= 0.3 is 0 Å². The minimum absolute atomic E-state index is 0.179. The topological polar surface area (TPSA) is 56.8 Å². The molecule has 3 unspecified atom stereocenters. The molecule has 0 aromatic heterocycles. The molecule has 1 aliphatic heterocycles. The molecule has 1 saturated heterocycles. The van der Waals surface area contributed by atoms with E-state index in [-0.39, 0.29) is 12.1 Å². The van der Waals surface area contributed by atoms with Gasteiger partial charge < -0.3 is 19.0 Å². The maximum atomic E-state index is 10.9. The summed E-state index contributed by atoms with van der Waals surface area (Å²) in [7, 11) is 3.18. The van der Waals surface area contributed by atoms with E-state index in [4.69, 9.17) is 14.2 Å². The van der Waals surface area contributed by atoms with Crippen LogP contribution in [-0.2, 0) is 9.53 Å². The second kappa shape index (κ2) is 5.37. The van der Waals surface area contributed by atoms with E-state index in [0.717, 1.165) is 11.8 Å². The van der Waals surface area contributed by atoms with Crippen LogP contribution in [0.1, 0.15) is 18.7 Å². The van der Waals surface area contributed by atoms with Crippen molar-refractivity contribution in [2.75, 3.05) is 14.2 Å². The van der Waals surface area contributed by atoms with Crippen molar-refractivity contribution in [1.82, 2.24) is 5.32 Å². The molecule has 1 aliphatic rings. The lowest BCUT2D eigenvalue weighted by atomic mass is 10.1. The van der Waals surface area contributed by atoms with E-state index in [1.54, 1.807) is 14.2 Å². The molecule has 0 spiro atoms. The zero-order valence-electron chi connectivity index (χ0n) is 10.7. The standard InChI is InChI=1S/C13H17NO4/c1-8-9(7-15)14-13(18-8)12-10(16-2)5-4-6-11(12)17-3/h4-9,13-14H,1-3H3. The van der Waals surface area contributed by atoms with Gasteiger partial charge in [0.05, 0.1) is 31.9 Å². The second-order valence-electron chi connectivity index (χ2n) is 4.13. The first-order valence-electron chi connectivity index (χ1n) is 5.79. The fourth-order valence-electron chi connectivity index (χ4n) is 2.09. The smallest absolute Gasteiger partial charge is 0.142 e.